The predicted molar refractivity (Wildman–Crippen MR) is 86.8 cm³/mol. The molecule has 0 fully saturated rings. The molecule has 0 radical (unpaired) electrons. The van der Waals surface area contributed by atoms with Gasteiger partial charge in [0.1, 0.15) is 0 Å². The Balaban J connectivity index is 1.92. The van der Waals surface area contributed by atoms with Crippen molar-refractivity contribution in [2.24, 2.45) is 0 Å². The van der Waals surface area contributed by atoms with Crippen molar-refractivity contribution in [2.45, 2.75) is 13.8 Å². The van der Waals surface area contributed by atoms with Gasteiger partial charge in [-0.15, -0.1) is 11.3 Å². The minimum Gasteiger partial charge on any atom is -0.399 e. The Morgan fingerprint density at radius 1 is 1.14 bits per heavy atom. The van der Waals surface area contributed by atoms with Gasteiger partial charge >= 0.3 is 0 Å². The predicted octanol–water partition coefficient (Wildman–Crippen LogP) is 3.54. The van der Waals surface area contributed by atoms with Crippen LogP contribution in [0.4, 0.5) is 17.3 Å². The van der Waals surface area contributed by atoms with Crippen molar-refractivity contribution >= 4 is 28.7 Å². The second-order valence-corrected chi connectivity index (χ2v) is 5.87. The van der Waals surface area contributed by atoms with Gasteiger partial charge in [0.25, 0.3) is 0 Å². The number of hydrogen-bond donors (Lipinski definition) is 2. The van der Waals surface area contributed by atoms with Crippen LogP contribution in [0.25, 0.3) is 10.6 Å². The average Bonchev–Trinajstić information content (AvgIpc) is 2.78. The van der Waals surface area contributed by atoms with Gasteiger partial charge in [0, 0.05) is 17.6 Å². The summed E-state index contributed by atoms with van der Waals surface area (Å²) >= 11 is 1.64. The molecule has 0 aliphatic heterocycles. The third kappa shape index (κ3) is 3.00. The lowest BCUT2D eigenvalue weighted by atomic mass is 10.3. The summed E-state index contributed by atoms with van der Waals surface area (Å²) in [6, 6.07) is 9.39. The maximum absolute atomic E-state index is 5.77. The first-order valence-corrected chi connectivity index (χ1v) is 7.33. The van der Waals surface area contributed by atoms with Crippen LogP contribution in [0.1, 0.15) is 10.7 Å². The first-order valence-electron chi connectivity index (χ1n) is 6.52. The molecule has 0 unspecified atom stereocenters. The lowest BCUT2D eigenvalue weighted by Gasteiger charge is -2.06. The molecule has 0 saturated carbocycles. The van der Waals surface area contributed by atoms with Crippen molar-refractivity contribution < 1.29 is 0 Å². The van der Waals surface area contributed by atoms with Gasteiger partial charge in [-0.2, -0.15) is 0 Å². The Labute approximate surface area is 126 Å². The minimum atomic E-state index is 0.545. The van der Waals surface area contributed by atoms with E-state index in [0.717, 1.165) is 27.0 Å². The number of benzene rings is 1. The minimum absolute atomic E-state index is 0.545. The molecular weight excluding hydrogens is 282 g/mol. The van der Waals surface area contributed by atoms with Crippen molar-refractivity contribution in [1.29, 1.82) is 0 Å². The highest BCUT2D eigenvalue weighted by Crippen LogP contribution is 2.28. The fourth-order valence-electron chi connectivity index (χ4n) is 2.06. The summed E-state index contributed by atoms with van der Waals surface area (Å²) in [7, 11) is 0. The topological polar surface area (TPSA) is 76.7 Å². The smallest absolute Gasteiger partial charge is 0.227 e. The number of anilines is 3. The van der Waals surface area contributed by atoms with Crippen molar-refractivity contribution in [3.05, 3.63) is 47.2 Å². The Bertz CT molecular complexity index is 781. The first-order chi connectivity index (χ1) is 10.1. The van der Waals surface area contributed by atoms with E-state index in [1.54, 1.807) is 17.5 Å². The number of nitrogens with one attached hydrogen (secondary N) is 1. The van der Waals surface area contributed by atoms with E-state index >= 15 is 0 Å². The molecule has 2 aromatic heterocycles. The van der Waals surface area contributed by atoms with Gasteiger partial charge in [-0.1, -0.05) is 6.07 Å². The molecule has 0 aliphatic rings. The number of nitrogens with zero attached hydrogens (tertiary/aromatic N) is 3. The lowest BCUT2D eigenvalue weighted by molar-refractivity contribution is 1.16. The molecule has 3 aromatic rings. The summed E-state index contributed by atoms with van der Waals surface area (Å²) in [6.07, 6.45) is 1.74. The third-order valence-electron chi connectivity index (χ3n) is 2.93. The van der Waals surface area contributed by atoms with Gasteiger partial charge in [0.15, 0.2) is 0 Å². The molecule has 5 nitrogen and oxygen atoms in total. The number of nitrogen functional groups attached to an aromatic ring is 1. The fraction of sp³-hybridized carbons (Fsp3) is 0.133. The summed E-state index contributed by atoms with van der Waals surface area (Å²) in [6.45, 7) is 3.99. The van der Waals surface area contributed by atoms with Gasteiger partial charge in [0.2, 0.25) is 5.95 Å². The van der Waals surface area contributed by atoms with E-state index < -0.39 is 0 Å². The van der Waals surface area contributed by atoms with E-state index in [9.17, 15) is 0 Å². The van der Waals surface area contributed by atoms with Gasteiger partial charge in [-0.05, 0) is 38.1 Å². The molecule has 21 heavy (non-hydrogen) atoms. The average molecular weight is 297 g/mol. The van der Waals surface area contributed by atoms with Crippen LogP contribution < -0.4 is 11.1 Å². The molecule has 3 rings (SSSR count). The molecule has 106 valence electrons. The third-order valence-corrected chi connectivity index (χ3v) is 4.03. The normalized spacial score (nSPS) is 10.6. The van der Waals surface area contributed by atoms with Crippen LogP contribution in [-0.2, 0) is 0 Å². The van der Waals surface area contributed by atoms with E-state index in [4.69, 9.17) is 5.73 Å². The van der Waals surface area contributed by atoms with Crippen molar-refractivity contribution in [1.82, 2.24) is 15.0 Å². The van der Waals surface area contributed by atoms with E-state index in [1.165, 1.54) is 0 Å². The van der Waals surface area contributed by atoms with Crippen LogP contribution in [0.15, 0.2) is 36.5 Å². The zero-order chi connectivity index (χ0) is 14.8. The number of rotatable bonds is 3. The number of hydrogen-bond acceptors (Lipinski definition) is 6. The highest BCUT2D eigenvalue weighted by molar-refractivity contribution is 7.15. The summed E-state index contributed by atoms with van der Waals surface area (Å²) < 4.78 is 0. The summed E-state index contributed by atoms with van der Waals surface area (Å²) in [5.41, 5.74) is 9.20. The number of nitrogens with two attached hydrogens (primary N) is 1. The molecule has 6 heteroatoms. The second-order valence-electron chi connectivity index (χ2n) is 4.66. The summed E-state index contributed by atoms with van der Waals surface area (Å²) in [5, 5.41) is 4.20. The van der Waals surface area contributed by atoms with Crippen LogP contribution in [0, 0.1) is 13.8 Å². The standard InChI is InChI=1S/C15H15N5S/c1-9-14(21-10(2)18-9)13-6-7-17-15(20-13)19-12-5-3-4-11(16)8-12/h3-8H,16H2,1-2H3,(H,17,19,20). The van der Waals surface area contributed by atoms with E-state index in [2.05, 4.69) is 20.3 Å². The van der Waals surface area contributed by atoms with Gasteiger partial charge in [0.05, 0.1) is 21.3 Å². The number of aryl methyl sites for hydroxylation is 2. The van der Waals surface area contributed by atoms with Crippen LogP contribution in [0.3, 0.4) is 0 Å². The Morgan fingerprint density at radius 3 is 2.71 bits per heavy atom. The van der Waals surface area contributed by atoms with E-state index in [0.29, 0.717) is 11.6 Å². The van der Waals surface area contributed by atoms with Crippen molar-refractivity contribution in [2.75, 3.05) is 11.1 Å². The zero-order valence-electron chi connectivity index (χ0n) is 11.8. The van der Waals surface area contributed by atoms with Gasteiger partial charge in [-0.3, -0.25) is 0 Å². The molecule has 1 aromatic carbocycles. The number of thiazole rings is 1. The second kappa shape index (κ2) is 5.49. The largest absolute Gasteiger partial charge is 0.399 e. The Hall–Kier alpha value is -2.47. The summed E-state index contributed by atoms with van der Waals surface area (Å²) in [4.78, 5) is 14.3. The molecule has 3 N–H and O–H groups in total. The monoisotopic (exact) mass is 297 g/mol. The lowest BCUT2D eigenvalue weighted by Crippen LogP contribution is -1.98. The van der Waals surface area contributed by atoms with Crippen molar-refractivity contribution in [3.63, 3.8) is 0 Å². The molecule has 0 amide bonds. The molecule has 2 heterocycles. The van der Waals surface area contributed by atoms with Crippen molar-refractivity contribution in [3.8, 4) is 10.6 Å². The van der Waals surface area contributed by atoms with Crippen LogP contribution in [0.2, 0.25) is 0 Å². The maximum Gasteiger partial charge on any atom is 0.227 e. The maximum atomic E-state index is 5.77. The highest BCUT2D eigenvalue weighted by atomic mass is 32.1. The highest BCUT2D eigenvalue weighted by Gasteiger charge is 2.10. The first kappa shape index (κ1) is 13.5. The Kier molecular flexibility index (Phi) is 3.53. The van der Waals surface area contributed by atoms with Crippen LogP contribution in [0.5, 0.6) is 0 Å². The zero-order valence-corrected chi connectivity index (χ0v) is 12.6. The molecule has 0 aliphatic carbocycles. The van der Waals surface area contributed by atoms with Crippen LogP contribution in [-0.4, -0.2) is 15.0 Å². The quantitative estimate of drug-likeness (QED) is 0.723. The summed E-state index contributed by atoms with van der Waals surface area (Å²) in [5.74, 6) is 0.545. The molecule has 0 atom stereocenters. The molecular formula is C15H15N5S. The SMILES string of the molecule is Cc1nc(C)c(-c2ccnc(Nc3cccc(N)c3)n2)s1. The molecule has 0 bridgehead atoms. The van der Waals surface area contributed by atoms with Gasteiger partial charge in [-0.25, -0.2) is 15.0 Å². The fourth-order valence-corrected chi connectivity index (χ4v) is 2.95. The molecule has 0 spiro atoms. The molecule has 0 saturated heterocycles. The van der Waals surface area contributed by atoms with E-state index in [1.807, 2.05) is 44.2 Å². The number of aromatic nitrogens is 3. The van der Waals surface area contributed by atoms with Crippen LogP contribution >= 0.6 is 11.3 Å². The Morgan fingerprint density at radius 2 is 2.00 bits per heavy atom. The van der Waals surface area contributed by atoms with E-state index in [-0.39, 0.29) is 0 Å². The van der Waals surface area contributed by atoms with Gasteiger partial charge < -0.3 is 11.1 Å².